The standard InChI is InChI=1S/C7H9ClO4/c8-7(6(11)12)2-1-4(3-7)5(9)10/h4H,1-3H2,(H,9,10)(H,11,12). The second kappa shape index (κ2) is 2.94. The second-order valence-electron chi connectivity index (χ2n) is 3.05. The van der Waals surface area contributed by atoms with Crippen LogP contribution in [0.3, 0.4) is 0 Å². The van der Waals surface area contributed by atoms with Crippen molar-refractivity contribution < 1.29 is 19.8 Å². The van der Waals surface area contributed by atoms with E-state index in [0.717, 1.165) is 0 Å². The van der Waals surface area contributed by atoms with Gasteiger partial charge in [0.1, 0.15) is 4.87 Å². The van der Waals surface area contributed by atoms with Crippen molar-refractivity contribution in [3.05, 3.63) is 0 Å². The molecule has 0 bridgehead atoms. The Labute approximate surface area is 74.1 Å². The zero-order valence-corrected chi connectivity index (χ0v) is 7.04. The molecule has 5 heteroatoms. The Hall–Kier alpha value is -0.770. The predicted octanol–water partition coefficient (Wildman–Crippen LogP) is 0.933. The van der Waals surface area contributed by atoms with Crippen LogP contribution in [0, 0.1) is 5.92 Å². The summed E-state index contributed by atoms with van der Waals surface area (Å²) in [5.41, 5.74) is 0. The van der Waals surface area contributed by atoms with E-state index in [1.807, 2.05) is 0 Å². The fraction of sp³-hybridized carbons (Fsp3) is 0.714. The van der Waals surface area contributed by atoms with Gasteiger partial charge in [-0.3, -0.25) is 9.59 Å². The van der Waals surface area contributed by atoms with Gasteiger partial charge in [0.2, 0.25) is 0 Å². The van der Waals surface area contributed by atoms with Crippen molar-refractivity contribution in [3.63, 3.8) is 0 Å². The van der Waals surface area contributed by atoms with Crippen LogP contribution >= 0.6 is 11.6 Å². The quantitative estimate of drug-likeness (QED) is 0.639. The molecule has 0 radical (unpaired) electrons. The first-order chi connectivity index (χ1) is 5.46. The maximum atomic E-state index is 10.6. The fourth-order valence-corrected chi connectivity index (χ4v) is 1.70. The summed E-state index contributed by atoms with van der Waals surface area (Å²) in [4.78, 5) is 19.7. The molecule has 4 nitrogen and oxygen atoms in total. The van der Waals surface area contributed by atoms with Gasteiger partial charge in [-0.25, -0.2) is 0 Å². The van der Waals surface area contributed by atoms with Gasteiger partial charge in [0.15, 0.2) is 0 Å². The summed E-state index contributed by atoms with van der Waals surface area (Å²) < 4.78 is 0. The smallest absolute Gasteiger partial charge is 0.324 e. The Balaban J connectivity index is 2.67. The highest BCUT2D eigenvalue weighted by Crippen LogP contribution is 2.39. The van der Waals surface area contributed by atoms with Crippen molar-refractivity contribution >= 4 is 23.5 Å². The van der Waals surface area contributed by atoms with E-state index >= 15 is 0 Å². The molecule has 1 aliphatic rings. The minimum absolute atomic E-state index is 0.0270. The fourth-order valence-electron chi connectivity index (χ4n) is 1.40. The van der Waals surface area contributed by atoms with Gasteiger partial charge in [-0.2, -0.15) is 0 Å². The van der Waals surface area contributed by atoms with E-state index in [9.17, 15) is 9.59 Å². The van der Waals surface area contributed by atoms with E-state index in [-0.39, 0.29) is 12.8 Å². The van der Waals surface area contributed by atoms with Crippen molar-refractivity contribution in [2.45, 2.75) is 24.1 Å². The van der Waals surface area contributed by atoms with Crippen molar-refractivity contribution in [1.82, 2.24) is 0 Å². The molecule has 0 aromatic heterocycles. The van der Waals surface area contributed by atoms with Crippen LogP contribution in [0.25, 0.3) is 0 Å². The number of carboxylic acids is 2. The van der Waals surface area contributed by atoms with Crippen LogP contribution in [-0.2, 0) is 9.59 Å². The van der Waals surface area contributed by atoms with Crippen molar-refractivity contribution in [3.8, 4) is 0 Å². The average molecular weight is 193 g/mol. The summed E-state index contributed by atoms with van der Waals surface area (Å²) in [5, 5.41) is 17.2. The Bertz CT molecular complexity index is 227. The molecule has 0 saturated heterocycles. The zero-order valence-electron chi connectivity index (χ0n) is 6.29. The number of hydrogen-bond donors (Lipinski definition) is 2. The van der Waals surface area contributed by atoms with E-state index in [1.165, 1.54) is 0 Å². The molecule has 0 amide bonds. The van der Waals surface area contributed by atoms with Gasteiger partial charge in [-0.05, 0) is 19.3 Å². The van der Waals surface area contributed by atoms with Crippen LogP contribution in [0.1, 0.15) is 19.3 Å². The van der Waals surface area contributed by atoms with Gasteiger partial charge < -0.3 is 10.2 Å². The van der Waals surface area contributed by atoms with E-state index in [4.69, 9.17) is 21.8 Å². The lowest BCUT2D eigenvalue weighted by atomic mass is 10.0. The minimum Gasteiger partial charge on any atom is -0.481 e. The van der Waals surface area contributed by atoms with Gasteiger partial charge in [0.25, 0.3) is 0 Å². The monoisotopic (exact) mass is 192 g/mol. The first-order valence-electron chi connectivity index (χ1n) is 3.61. The third kappa shape index (κ3) is 1.53. The molecule has 2 N–H and O–H groups in total. The Kier molecular flexibility index (Phi) is 2.28. The maximum absolute atomic E-state index is 10.6. The van der Waals surface area contributed by atoms with Crippen molar-refractivity contribution in [2.24, 2.45) is 5.92 Å². The van der Waals surface area contributed by atoms with E-state index in [2.05, 4.69) is 0 Å². The molecular weight excluding hydrogens is 184 g/mol. The van der Waals surface area contributed by atoms with Gasteiger partial charge in [0.05, 0.1) is 5.92 Å². The Morgan fingerprint density at radius 3 is 2.25 bits per heavy atom. The number of alkyl halides is 1. The molecule has 0 aliphatic heterocycles. The molecule has 2 unspecified atom stereocenters. The van der Waals surface area contributed by atoms with E-state index in [1.54, 1.807) is 0 Å². The first kappa shape index (κ1) is 9.32. The van der Waals surface area contributed by atoms with Crippen molar-refractivity contribution in [2.75, 3.05) is 0 Å². The van der Waals surface area contributed by atoms with Gasteiger partial charge in [-0.15, -0.1) is 11.6 Å². The lowest BCUT2D eigenvalue weighted by Crippen LogP contribution is -2.29. The third-order valence-electron chi connectivity index (χ3n) is 2.19. The van der Waals surface area contributed by atoms with E-state index < -0.39 is 22.7 Å². The Morgan fingerprint density at radius 1 is 1.42 bits per heavy atom. The van der Waals surface area contributed by atoms with Gasteiger partial charge in [0, 0.05) is 0 Å². The summed E-state index contributed by atoms with van der Waals surface area (Å²) in [6.07, 6.45) is 0.616. The lowest BCUT2D eigenvalue weighted by Gasteiger charge is -2.13. The molecule has 0 aromatic rings. The highest BCUT2D eigenvalue weighted by atomic mass is 35.5. The van der Waals surface area contributed by atoms with Gasteiger partial charge >= 0.3 is 11.9 Å². The van der Waals surface area contributed by atoms with Crippen LogP contribution in [0.2, 0.25) is 0 Å². The number of hydrogen-bond acceptors (Lipinski definition) is 2. The van der Waals surface area contributed by atoms with Crippen LogP contribution < -0.4 is 0 Å². The molecule has 0 heterocycles. The summed E-state index contributed by atoms with van der Waals surface area (Å²) in [6.45, 7) is 0. The van der Waals surface area contributed by atoms with Crippen LogP contribution in [0.4, 0.5) is 0 Å². The van der Waals surface area contributed by atoms with Gasteiger partial charge in [-0.1, -0.05) is 0 Å². The molecule has 0 spiro atoms. The number of carboxylic acid groups (broad SMARTS) is 2. The molecule has 12 heavy (non-hydrogen) atoms. The Morgan fingerprint density at radius 2 is 2.00 bits per heavy atom. The van der Waals surface area contributed by atoms with Crippen LogP contribution in [-0.4, -0.2) is 27.0 Å². The highest BCUT2D eigenvalue weighted by molar-refractivity contribution is 6.34. The summed E-state index contributed by atoms with van der Waals surface area (Å²) >= 11 is 5.68. The SMILES string of the molecule is O=C(O)C1CCC(Cl)(C(=O)O)C1. The van der Waals surface area contributed by atoms with Crippen LogP contribution in [0.15, 0.2) is 0 Å². The molecule has 1 aliphatic carbocycles. The minimum atomic E-state index is -1.34. The molecular formula is C7H9ClO4. The number of halogens is 1. The molecule has 1 rings (SSSR count). The van der Waals surface area contributed by atoms with Crippen LogP contribution in [0.5, 0.6) is 0 Å². The predicted molar refractivity (Wildman–Crippen MR) is 41.2 cm³/mol. The molecule has 0 aromatic carbocycles. The summed E-state index contributed by atoms with van der Waals surface area (Å²) in [6, 6.07) is 0. The first-order valence-corrected chi connectivity index (χ1v) is 3.98. The maximum Gasteiger partial charge on any atom is 0.324 e. The van der Waals surface area contributed by atoms with Crippen molar-refractivity contribution in [1.29, 1.82) is 0 Å². The highest BCUT2D eigenvalue weighted by Gasteiger charge is 2.46. The molecule has 1 fully saturated rings. The molecule has 1 saturated carbocycles. The topological polar surface area (TPSA) is 74.6 Å². The zero-order chi connectivity index (χ0) is 9.35. The summed E-state index contributed by atoms with van der Waals surface area (Å²) in [7, 11) is 0. The average Bonchev–Trinajstić information content (AvgIpc) is 2.33. The third-order valence-corrected chi connectivity index (χ3v) is 2.70. The lowest BCUT2D eigenvalue weighted by molar-refractivity contribution is -0.142. The summed E-state index contributed by atoms with van der Waals surface area (Å²) in [5.74, 6) is -2.68. The number of aliphatic carboxylic acids is 2. The molecule has 68 valence electrons. The largest absolute Gasteiger partial charge is 0.481 e. The normalized spacial score (nSPS) is 34.9. The second-order valence-corrected chi connectivity index (χ2v) is 3.77. The molecule has 2 atom stereocenters. The van der Waals surface area contributed by atoms with E-state index in [0.29, 0.717) is 6.42 Å². The number of rotatable bonds is 2. The number of carbonyl (C=O) groups is 2.